The van der Waals surface area contributed by atoms with Crippen LogP contribution in [0.15, 0.2) is 28.7 Å². The third-order valence-corrected chi connectivity index (χ3v) is 3.77. The smallest absolute Gasteiger partial charge is 0.164 e. The molecule has 18 heavy (non-hydrogen) atoms. The molecule has 0 bridgehead atoms. The van der Waals surface area contributed by atoms with E-state index in [1.54, 1.807) is 0 Å². The molecule has 1 aliphatic heterocycles. The molecule has 1 unspecified atom stereocenters. The van der Waals surface area contributed by atoms with E-state index < -0.39 is 0 Å². The molecule has 1 heterocycles. The van der Waals surface area contributed by atoms with Crippen LogP contribution in [-0.2, 0) is 4.74 Å². The van der Waals surface area contributed by atoms with E-state index in [2.05, 4.69) is 27.8 Å². The number of ketones is 1. The maximum Gasteiger partial charge on any atom is 0.164 e. The van der Waals surface area contributed by atoms with E-state index in [1.165, 1.54) is 0 Å². The Hall–Kier alpha value is -0.710. The molecule has 0 amide bonds. The van der Waals surface area contributed by atoms with Crippen LogP contribution in [0, 0.1) is 0 Å². The van der Waals surface area contributed by atoms with E-state index in [0.717, 1.165) is 36.3 Å². The molecule has 1 aromatic rings. The summed E-state index contributed by atoms with van der Waals surface area (Å²) >= 11 is 3.39. The van der Waals surface area contributed by atoms with Gasteiger partial charge in [0.05, 0.1) is 13.2 Å². The number of hydrogen-bond acceptors (Lipinski definition) is 3. The number of nitrogens with zero attached hydrogens (tertiary/aromatic N) is 1. The monoisotopic (exact) mass is 311 g/mol. The fourth-order valence-electron chi connectivity index (χ4n) is 2.15. The van der Waals surface area contributed by atoms with Gasteiger partial charge in [0.2, 0.25) is 0 Å². The minimum atomic E-state index is 0.204. The first-order valence-electron chi connectivity index (χ1n) is 6.27. The minimum Gasteiger partial charge on any atom is -0.379 e. The highest BCUT2D eigenvalue weighted by Gasteiger charge is 2.19. The first kappa shape index (κ1) is 13.7. The van der Waals surface area contributed by atoms with E-state index in [-0.39, 0.29) is 5.78 Å². The lowest BCUT2D eigenvalue weighted by Crippen LogP contribution is -2.44. The molecule has 0 aromatic heterocycles. The van der Waals surface area contributed by atoms with Crippen LogP contribution >= 0.6 is 15.9 Å². The van der Waals surface area contributed by atoms with Crippen LogP contribution in [-0.4, -0.2) is 43.0 Å². The van der Waals surface area contributed by atoms with Gasteiger partial charge in [0.1, 0.15) is 0 Å². The number of benzene rings is 1. The van der Waals surface area contributed by atoms with Gasteiger partial charge >= 0.3 is 0 Å². The van der Waals surface area contributed by atoms with Gasteiger partial charge in [-0.15, -0.1) is 0 Å². The lowest BCUT2D eigenvalue weighted by atomic mass is 10.1. The van der Waals surface area contributed by atoms with Crippen molar-refractivity contribution in [3.05, 3.63) is 34.3 Å². The largest absolute Gasteiger partial charge is 0.379 e. The van der Waals surface area contributed by atoms with Crippen LogP contribution in [0.2, 0.25) is 0 Å². The Balaban J connectivity index is 1.88. The minimum absolute atomic E-state index is 0.204. The Morgan fingerprint density at radius 2 is 2.39 bits per heavy atom. The number of Topliss-reactive ketones (excluding diaryl/α,β-unsaturated/α-hetero) is 1. The summed E-state index contributed by atoms with van der Waals surface area (Å²) in [5, 5.41) is 0. The maximum absolute atomic E-state index is 12.1. The lowest BCUT2D eigenvalue weighted by molar-refractivity contribution is -0.000208. The van der Waals surface area contributed by atoms with Crippen molar-refractivity contribution < 1.29 is 9.53 Å². The number of carbonyl (C=O) groups is 1. The summed E-state index contributed by atoms with van der Waals surface area (Å²) in [6.07, 6.45) is 0.570. The van der Waals surface area contributed by atoms with Gasteiger partial charge in [-0.05, 0) is 19.1 Å². The highest BCUT2D eigenvalue weighted by molar-refractivity contribution is 9.10. The molecule has 4 heteroatoms. The van der Waals surface area contributed by atoms with Crippen molar-refractivity contribution in [2.45, 2.75) is 19.4 Å². The van der Waals surface area contributed by atoms with Gasteiger partial charge in [0.25, 0.3) is 0 Å². The van der Waals surface area contributed by atoms with Crippen LogP contribution in [0.25, 0.3) is 0 Å². The van der Waals surface area contributed by atoms with Crippen molar-refractivity contribution in [2.75, 3.05) is 26.3 Å². The highest BCUT2D eigenvalue weighted by atomic mass is 79.9. The number of hydrogen-bond donors (Lipinski definition) is 0. The second-order valence-electron chi connectivity index (χ2n) is 4.64. The SMILES string of the molecule is CC1COCCN1CCC(=O)c1cccc(Br)c1. The number of carbonyl (C=O) groups excluding carboxylic acids is 1. The zero-order valence-corrected chi connectivity index (χ0v) is 12.1. The van der Waals surface area contributed by atoms with Gasteiger partial charge < -0.3 is 4.74 Å². The first-order chi connectivity index (χ1) is 8.66. The Morgan fingerprint density at radius 1 is 1.56 bits per heavy atom. The van der Waals surface area contributed by atoms with E-state index >= 15 is 0 Å². The molecular weight excluding hydrogens is 294 g/mol. The van der Waals surface area contributed by atoms with Crippen molar-refractivity contribution >= 4 is 21.7 Å². The number of morpholine rings is 1. The van der Waals surface area contributed by atoms with Gasteiger partial charge in [0.15, 0.2) is 5.78 Å². The van der Waals surface area contributed by atoms with Gasteiger partial charge in [0, 0.05) is 35.6 Å². The number of ether oxygens (including phenoxy) is 1. The van der Waals surface area contributed by atoms with Crippen molar-refractivity contribution in [1.29, 1.82) is 0 Å². The fraction of sp³-hybridized carbons (Fsp3) is 0.500. The van der Waals surface area contributed by atoms with E-state index in [1.807, 2.05) is 24.3 Å². The molecule has 0 N–H and O–H groups in total. The molecule has 1 atom stereocenters. The second-order valence-corrected chi connectivity index (χ2v) is 5.56. The van der Waals surface area contributed by atoms with Gasteiger partial charge in [-0.3, -0.25) is 9.69 Å². The Bertz CT molecular complexity index is 422. The predicted molar refractivity (Wildman–Crippen MR) is 74.9 cm³/mol. The normalized spacial score (nSPS) is 20.9. The summed E-state index contributed by atoms with van der Waals surface area (Å²) in [5.41, 5.74) is 0.783. The molecule has 0 saturated carbocycles. The van der Waals surface area contributed by atoms with Crippen molar-refractivity contribution in [2.24, 2.45) is 0 Å². The fourth-order valence-corrected chi connectivity index (χ4v) is 2.54. The lowest BCUT2D eigenvalue weighted by Gasteiger charge is -2.32. The molecule has 1 aliphatic rings. The van der Waals surface area contributed by atoms with Crippen molar-refractivity contribution in [3.8, 4) is 0 Å². The average Bonchev–Trinajstić information content (AvgIpc) is 2.37. The highest BCUT2D eigenvalue weighted by Crippen LogP contribution is 2.14. The van der Waals surface area contributed by atoms with Crippen LogP contribution < -0.4 is 0 Å². The van der Waals surface area contributed by atoms with Gasteiger partial charge in [-0.25, -0.2) is 0 Å². The second kappa shape index (κ2) is 6.45. The summed E-state index contributed by atoms with van der Waals surface area (Å²) in [6, 6.07) is 7.99. The Kier molecular flexibility index (Phi) is 4.92. The zero-order valence-electron chi connectivity index (χ0n) is 10.6. The Morgan fingerprint density at radius 3 is 3.11 bits per heavy atom. The van der Waals surface area contributed by atoms with E-state index in [0.29, 0.717) is 12.5 Å². The van der Waals surface area contributed by atoms with Crippen LogP contribution in [0.5, 0.6) is 0 Å². The summed E-state index contributed by atoms with van der Waals surface area (Å²) < 4.78 is 6.34. The summed E-state index contributed by atoms with van der Waals surface area (Å²) in [6.45, 7) is 5.42. The molecule has 2 rings (SSSR count). The zero-order chi connectivity index (χ0) is 13.0. The van der Waals surface area contributed by atoms with Crippen molar-refractivity contribution in [3.63, 3.8) is 0 Å². The van der Waals surface area contributed by atoms with Crippen LogP contribution in [0.4, 0.5) is 0 Å². The quantitative estimate of drug-likeness (QED) is 0.801. The molecule has 0 spiro atoms. The standard InChI is InChI=1S/C14H18BrNO2/c1-11-10-18-8-7-16(11)6-5-14(17)12-3-2-4-13(15)9-12/h2-4,9,11H,5-8,10H2,1H3. The molecule has 1 aromatic carbocycles. The van der Waals surface area contributed by atoms with Gasteiger partial charge in [-0.1, -0.05) is 28.1 Å². The van der Waals surface area contributed by atoms with E-state index in [4.69, 9.17) is 4.74 Å². The maximum atomic E-state index is 12.1. The molecule has 98 valence electrons. The topological polar surface area (TPSA) is 29.5 Å². The summed E-state index contributed by atoms with van der Waals surface area (Å²) in [4.78, 5) is 14.4. The third-order valence-electron chi connectivity index (χ3n) is 3.28. The number of halogens is 1. The number of rotatable bonds is 4. The molecule has 1 fully saturated rings. The summed E-state index contributed by atoms with van der Waals surface area (Å²) in [7, 11) is 0. The summed E-state index contributed by atoms with van der Waals surface area (Å²) in [5.74, 6) is 0.204. The average molecular weight is 312 g/mol. The molecule has 0 aliphatic carbocycles. The van der Waals surface area contributed by atoms with Crippen LogP contribution in [0.1, 0.15) is 23.7 Å². The molecule has 1 saturated heterocycles. The molecular formula is C14H18BrNO2. The predicted octanol–water partition coefficient (Wildman–Crippen LogP) is 2.74. The van der Waals surface area contributed by atoms with Crippen LogP contribution in [0.3, 0.4) is 0 Å². The van der Waals surface area contributed by atoms with E-state index in [9.17, 15) is 4.79 Å². The van der Waals surface area contributed by atoms with Gasteiger partial charge in [-0.2, -0.15) is 0 Å². The molecule has 0 radical (unpaired) electrons. The molecule has 3 nitrogen and oxygen atoms in total. The van der Waals surface area contributed by atoms with Crippen molar-refractivity contribution in [1.82, 2.24) is 4.90 Å². The third kappa shape index (κ3) is 3.64. The Labute approximate surface area is 116 Å². The first-order valence-corrected chi connectivity index (χ1v) is 7.06.